The Morgan fingerprint density at radius 1 is 1.05 bits per heavy atom. The topological polar surface area (TPSA) is 152 Å². The Labute approximate surface area is 212 Å². The summed E-state index contributed by atoms with van der Waals surface area (Å²) in [6.07, 6.45) is 1.34. The van der Waals surface area contributed by atoms with Gasteiger partial charge in [-0.25, -0.2) is 9.78 Å². The number of hydrogen-bond donors (Lipinski definition) is 2. The molecule has 3 aromatic heterocycles. The van der Waals surface area contributed by atoms with E-state index in [9.17, 15) is 14.4 Å². The number of imidazole rings is 1. The molecule has 3 heterocycles. The maximum absolute atomic E-state index is 13.1. The molecule has 0 bridgehead atoms. The Bertz CT molecular complexity index is 1580. The van der Waals surface area contributed by atoms with Gasteiger partial charge in [0, 0.05) is 18.8 Å². The van der Waals surface area contributed by atoms with Crippen LogP contribution in [0.25, 0.3) is 22.7 Å². The highest BCUT2D eigenvalue weighted by atomic mass is 16.5. The zero-order valence-corrected chi connectivity index (χ0v) is 21.6. The first kappa shape index (κ1) is 25.7. The summed E-state index contributed by atoms with van der Waals surface area (Å²) in [5.41, 5.74) is 7.10. The van der Waals surface area contributed by atoms with Gasteiger partial charge in [0.25, 0.3) is 5.56 Å². The molecule has 0 saturated heterocycles. The maximum atomic E-state index is 13.1. The van der Waals surface area contributed by atoms with Crippen LogP contribution >= 0.6 is 0 Å². The van der Waals surface area contributed by atoms with Crippen molar-refractivity contribution in [3.05, 3.63) is 56.4 Å². The van der Waals surface area contributed by atoms with Crippen molar-refractivity contribution in [2.24, 2.45) is 5.73 Å². The number of H-pyrrole nitrogens is 1. The lowest BCUT2D eigenvalue weighted by atomic mass is 10.1. The molecule has 1 atom stereocenters. The third-order valence-electron chi connectivity index (χ3n) is 6.16. The summed E-state index contributed by atoms with van der Waals surface area (Å²) in [5.74, 6) is 0.657. The number of benzene rings is 1. The summed E-state index contributed by atoms with van der Waals surface area (Å²) in [5, 5.41) is 4.61. The van der Waals surface area contributed by atoms with Gasteiger partial charge in [0.15, 0.2) is 29.0 Å². The molecule has 0 aliphatic carbocycles. The zero-order chi connectivity index (χ0) is 26.9. The minimum Gasteiger partial charge on any atom is -0.493 e. The van der Waals surface area contributed by atoms with Crippen LogP contribution in [-0.4, -0.2) is 49.0 Å². The minimum absolute atomic E-state index is 0.232. The third kappa shape index (κ3) is 4.50. The number of aryl methyl sites for hydroxylation is 2. The molecule has 4 aromatic rings. The number of fused-ring (bicyclic) bond motifs is 1. The largest absolute Gasteiger partial charge is 0.493 e. The van der Waals surface area contributed by atoms with Gasteiger partial charge in [-0.05, 0) is 43.5 Å². The van der Waals surface area contributed by atoms with Gasteiger partial charge >= 0.3 is 5.69 Å². The molecule has 4 rings (SSSR count). The van der Waals surface area contributed by atoms with Gasteiger partial charge in [0.2, 0.25) is 5.91 Å². The van der Waals surface area contributed by atoms with E-state index in [1.54, 1.807) is 31.2 Å². The average Bonchev–Trinajstić information content (AvgIpc) is 3.48. The Morgan fingerprint density at radius 3 is 2.35 bits per heavy atom. The highest BCUT2D eigenvalue weighted by Crippen LogP contribution is 2.32. The molecule has 1 unspecified atom stereocenters. The maximum Gasteiger partial charge on any atom is 0.332 e. The predicted octanol–water partition coefficient (Wildman–Crippen LogP) is 1.97. The fourth-order valence-corrected chi connectivity index (χ4v) is 4.45. The van der Waals surface area contributed by atoms with Gasteiger partial charge in [0.05, 0.1) is 14.2 Å². The highest BCUT2D eigenvalue weighted by Gasteiger charge is 2.26. The monoisotopic (exact) mass is 509 g/mol. The SMILES string of the molecule is CCCn1c(=O)c2[nH]c(-c3cc(C)n(C(C(N)=O)c4ccc(OC)c(OC)c4)n3)nc2n(CCC)c1=O. The number of primary amides is 1. The number of nitrogens with one attached hydrogen (secondary N) is 1. The zero-order valence-electron chi connectivity index (χ0n) is 21.6. The van der Waals surface area contributed by atoms with Crippen LogP contribution in [0.1, 0.15) is 44.0 Å². The number of rotatable bonds is 10. The number of amides is 1. The van der Waals surface area contributed by atoms with Crippen LogP contribution in [0.2, 0.25) is 0 Å². The van der Waals surface area contributed by atoms with E-state index in [0.717, 1.165) is 0 Å². The number of aromatic amines is 1. The smallest absolute Gasteiger partial charge is 0.332 e. The van der Waals surface area contributed by atoms with Crippen molar-refractivity contribution in [3.63, 3.8) is 0 Å². The number of carbonyl (C=O) groups excluding carboxylic acids is 1. The van der Waals surface area contributed by atoms with Crippen LogP contribution < -0.4 is 26.5 Å². The second-order valence-corrected chi connectivity index (χ2v) is 8.71. The van der Waals surface area contributed by atoms with E-state index < -0.39 is 17.5 Å². The number of ether oxygens (including phenoxy) is 2. The number of carbonyl (C=O) groups is 1. The van der Waals surface area contributed by atoms with Gasteiger partial charge in [-0.2, -0.15) is 5.10 Å². The molecule has 12 nitrogen and oxygen atoms in total. The number of methoxy groups -OCH3 is 2. The van der Waals surface area contributed by atoms with Crippen molar-refractivity contribution in [2.45, 2.75) is 52.7 Å². The lowest BCUT2D eigenvalue weighted by Crippen LogP contribution is -2.40. The molecular formula is C25H31N7O5. The Morgan fingerprint density at radius 2 is 1.73 bits per heavy atom. The third-order valence-corrected chi connectivity index (χ3v) is 6.16. The Balaban J connectivity index is 1.86. The van der Waals surface area contributed by atoms with Crippen molar-refractivity contribution < 1.29 is 14.3 Å². The highest BCUT2D eigenvalue weighted by molar-refractivity contribution is 5.82. The summed E-state index contributed by atoms with van der Waals surface area (Å²) in [6, 6.07) is 5.89. The molecule has 3 N–H and O–H groups in total. The normalized spacial score (nSPS) is 12.1. The molecule has 37 heavy (non-hydrogen) atoms. The lowest BCUT2D eigenvalue weighted by Gasteiger charge is -2.18. The summed E-state index contributed by atoms with van der Waals surface area (Å²) in [6.45, 7) is 6.37. The van der Waals surface area contributed by atoms with E-state index >= 15 is 0 Å². The number of nitrogens with zero attached hydrogens (tertiary/aromatic N) is 5. The summed E-state index contributed by atoms with van der Waals surface area (Å²) in [7, 11) is 3.03. The second kappa shape index (κ2) is 10.3. The molecule has 1 aromatic carbocycles. The average molecular weight is 510 g/mol. The van der Waals surface area contributed by atoms with Crippen molar-refractivity contribution in [2.75, 3.05) is 14.2 Å². The van der Waals surface area contributed by atoms with E-state index in [-0.39, 0.29) is 16.9 Å². The van der Waals surface area contributed by atoms with Crippen LogP contribution in [0.5, 0.6) is 11.5 Å². The van der Waals surface area contributed by atoms with Crippen molar-refractivity contribution in [1.29, 1.82) is 0 Å². The lowest BCUT2D eigenvalue weighted by molar-refractivity contribution is -0.120. The van der Waals surface area contributed by atoms with E-state index in [2.05, 4.69) is 15.1 Å². The molecule has 0 spiro atoms. The first-order chi connectivity index (χ1) is 17.7. The first-order valence-electron chi connectivity index (χ1n) is 12.1. The van der Waals surface area contributed by atoms with Crippen LogP contribution in [0.3, 0.4) is 0 Å². The molecular weight excluding hydrogens is 478 g/mol. The number of hydrogen-bond acceptors (Lipinski definition) is 7. The molecule has 0 saturated carbocycles. The van der Waals surface area contributed by atoms with Crippen LogP contribution in [-0.2, 0) is 17.9 Å². The number of aromatic nitrogens is 6. The summed E-state index contributed by atoms with van der Waals surface area (Å²) >= 11 is 0. The second-order valence-electron chi connectivity index (χ2n) is 8.71. The van der Waals surface area contributed by atoms with Gasteiger partial charge in [-0.15, -0.1) is 0 Å². The van der Waals surface area contributed by atoms with E-state index in [1.807, 2.05) is 13.8 Å². The number of nitrogens with two attached hydrogens (primary N) is 1. The Kier molecular flexibility index (Phi) is 7.18. The molecule has 0 aliphatic heterocycles. The van der Waals surface area contributed by atoms with Gasteiger partial charge in [-0.1, -0.05) is 19.9 Å². The first-order valence-corrected chi connectivity index (χ1v) is 12.1. The quantitative estimate of drug-likeness (QED) is 0.331. The van der Waals surface area contributed by atoms with Crippen LogP contribution in [0.4, 0.5) is 0 Å². The fraction of sp³-hybridized carbons (Fsp3) is 0.400. The van der Waals surface area contributed by atoms with Crippen LogP contribution in [0.15, 0.2) is 33.9 Å². The minimum atomic E-state index is -0.932. The predicted molar refractivity (Wildman–Crippen MR) is 138 cm³/mol. The molecule has 0 radical (unpaired) electrons. The molecule has 0 fully saturated rings. The standard InChI is InChI=1S/C25H31N7O5/c1-6-10-30-23-19(24(34)31(11-7-2)25(30)35)27-22(28-23)16-12-14(3)32(29-16)20(21(26)33)15-8-9-17(36-4)18(13-15)37-5/h8-9,12-13,20H,6-7,10-11H2,1-5H3,(H2,26,33)(H,27,28). The van der Waals surface area contributed by atoms with Crippen molar-refractivity contribution in [1.82, 2.24) is 28.9 Å². The van der Waals surface area contributed by atoms with E-state index in [1.165, 1.54) is 28.0 Å². The van der Waals surface area contributed by atoms with Gasteiger partial charge < -0.3 is 20.2 Å². The Hall–Kier alpha value is -4.35. The van der Waals surface area contributed by atoms with Crippen molar-refractivity contribution >= 4 is 17.1 Å². The molecule has 196 valence electrons. The summed E-state index contributed by atoms with van der Waals surface area (Å²) in [4.78, 5) is 46.3. The van der Waals surface area contributed by atoms with Crippen LogP contribution in [0, 0.1) is 6.92 Å². The van der Waals surface area contributed by atoms with Crippen molar-refractivity contribution in [3.8, 4) is 23.0 Å². The molecule has 1 amide bonds. The van der Waals surface area contributed by atoms with Gasteiger partial charge in [-0.3, -0.25) is 23.4 Å². The molecule has 12 heteroatoms. The van der Waals surface area contributed by atoms with E-state index in [0.29, 0.717) is 60.2 Å². The molecule has 0 aliphatic rings. The summed E-state index contributed by atoms with van der Waals surface area (Å²) < 4.78 is 14.9. The fourth-order valence-electron chi connectivity index (χ4n) is 4.45. The van der Waals surface area contributed by atoms with Gasteiger partial charge in [0.1, 0.15) is 11.2 Å². The van der Waals surface area contributed by atoms with E-state index in [4.69, 9.17) is 15.2 Å².